The Labute approximate surface area is 148 Å². The van der Waals surface area contributed by atoms with Gasteiger partial charge in [0.05, 0.1) is 5.56 Å². The summed E-state index contributed by atoms with van der Waals surface area (Å²) in [7, 11) is 1.93. The average Bonchev–Trinajstić information content (AvgIpc) is 2.94. The number of hydrogen-bond donors (Lipinski definition) is 1. The lowest BCUT2D eigenvalue weighted by atomic mass is 10.0. The van der Waals surface area contributed by atoms with Crippen LogP contribution in [0.25, 0.3) is 0 Å². The van der Waals surface area contributed by atoms with Crippen LogP contribution in [0, 0.1) is 29.6 Å². The van der Waals surface area contributed by atoms with Crippen molar-refractivity contribution in [3.05, 3.63) is 46.9 Å². The molecular formula is C19H22N6. The molecule has 1 fully saturated rings. The zero-order valence-electron chi connectivity index (χ0n) is 14.7. The lowest BCUT2D eigenvalue weighted by molar-refractivity contribution is 0.412. The molecule has 6 nitrogen and oxygen atoms in total. The average molecular weight is 334 g/mol. The third kappa shape index (κ3) is 3.65. The summed E-state index contributed by atoms with van der Waals surface area (Å²) in [6.07, 6.45) is 3.74. The van der Waals surface area contributed by atoms with Crippen LogP contribution in [0.3, 0.4) is 0 Å². The van der Waals surface area contributed by atoms with Crippen LogP contribution in [-0.2, 0) is 13.6 Å². The van der Waals surface area contributed by atoms with Gasteiger partial charge < -0.3 is 14.8 Å². The molecule has 1 aliphatic heterocycles. The van der Waals surface area contributed by atoms with E-state index in [-0.39, 0.29) is 0 Å². The molecule has 6 heteroatoms. The first kappa shape index (κ1) is 17.0. The second-order valence-corrected chi connectivity index (χ2v) is 6.47. The van der Waals surface area contributed by atoms with Crippen LogP contribution in [0.15, 0.2) is 24.4 Å². The number of rotatable bonds is 4. The lowest BCUT2D eigenvalue weighted by Gasteiger charge is -2.33. The maximum Gasteiger partial charge on any atom is 0.128 e. The minimum Gasteiger partial charge on any atom is -0.357 e. The van der Waals surface area contributed by atoms with Gasteiger partial charge >= 0.3 is 0 Å². The van der Waals surface area contributed by atoms with Crippen LogP contribution in [0.5, 0.6) is 0 Å². The van der Waals surface area contributed by atoms with E-state index in [1.807, 2.05) is 29.8 Å². The van der Waals surface area contributed by atoms with Gasteiger partial charge in [-0.25, -0.2) is 4.98 Å². The van der Waals surface area contributed by atoms with E-state index in [0.717, 1.165) is 44.0 Å². The standard InChI is InChI=1S/C19H22N6/c1-14-16(9-18(11-21)24(14)2)13-22-17-5-7-25(8-6-17)19-4-3-15(10-20)12-23-19/h3-4,9,12,17,22H,5-8,13H2,1-2H3. The number of anilines is 1. The molecule has 0 amide bonds. The van der Waals surface area contributed by atoms with E-state index in [9.17, 15) is 0 Å². The van der Waals surface area contributed by atoms with Gasteiger partial charge in [-0.3, -0.25) is 0 Å². The SMILES string of the molecule is Cc1c(CNC2CCN(c3ccc(C#N)cn3)CC2)cc(C#N)n1C. The fourth-order valence-electron chi connectivity index (χ4n) is 3.25. The van der Waals surface area contributed by atoms with Crippen molar-refractivity contribution in [2.75, 3.05) is 18.0 Å². The molecule has 1 saturated heterocycles. The maximum atomic E-state index is 9.12. The van der Waals surface area contributed by atoms with Crippen molar-refractivity contribution in [2.45, 2.75) is 32.4 Å². The van der Waals surface area contributed by atoms with Crippen LogP contribution in [0.2, 0.25) is 0 Å². The number of pyridine rings is 1. The highest BCUT2D eigenvalue weighted by Gasteiger charge is 2.20. The Morgan fingerprint density at radius 2 is 2.00 bits per heavy atom. The number of nitriles is 2. The largest absolute Gasteiger partial charge is 0.357 e. The highest BCUT2D eigenvalue weighted by molar-refractivity contribution is 5.42. The molecule has 0 saturated carbocycles. The van der Waals surface area contributed by atoms with Crippen molar-refractivity contribution >= 4 is 5.82 Å². The molecule has 0 radical (unpaired) electrons. The van der Waals surface area contributed by atoms with Crippen molar-refractivity contribution in [1.82, 2.24) is 14.9 Å². The van der Waals surface area contributed by atoms with E-state index in [2.05, 4.69) is 34.3 Å². The number of aromatic nitrogens is 2. The zero-order chi connectivity index (χ0) is 17.8. The predicted molar refractivity (Wildman–Crippen MR) is 95.9 cm³/mol. The molecule has 0 spiro atoms. The van der Waals surface area contributed by atoms with Gasteiger partial charge in [0.15, 0.2) is 0 Å². The fraction of sp³-hybridized carbons (Fsp3) is 0.421. The van der Waals surface area contributed by atoms with Gasteiger partial charge in [-0.1, -0.05) is 0 Å². The van der Waals surface area contributed by atoms with E-state index in [4.69, 9.17) is 10.5 Å². The summed E-state index contributed by atoms with van der Waals surface area (Å²) < 4.78 is 1.94. The Balaban J connectivity index is 1.53. The molecule has 0 atom stereocenters. The van der Waals surface area contributed by atoms with Crippen molar-refractivity contribution in [2.24, 2.45) is 7.05 Å². The van der Waals surface area contributed by atoms with Crippen LogP contribution in [0.1, 0.15) is 35.4 Å². The summed E-state index contributed by atoms with van der Waals surface area (Å²) in [6.45, 7) is 4.75. The van der Waals surface area contributed by atoms with E-state index < -0.39 is 0 Å². The second kappa shape index (κ2) is 7.38. The highest BCUT2D eigenvalue weighted by atomic mass is 15.2. The summed E-state index contributed by atoms with van der Waals surface area (Å²) in [5.74, 6) is 0.940. The van der Waals surface area contributed by atoms with E-state index in [1.54, 1.807) is 6.20 Å². The molecular weight excluding hydrogens is 312 g/mol. The quantitative estimate of drug-likeness (QED) is 0.927. The fourth-order valence-corrected chi connectivity index (χ4v) is 3.25. The molecule has 25 heavy (non-hydrogen) atoms. The Morgan fingerprint density at radius 3 is 2.56 bits per heavy atom. The van der Waals surface area contributed by atoms with Crippen LogP contribution < -0.4 is 10.2 Å². The second-order valence-electron chi connectivity index (χ2n) is 6.47. The number of nitrogens with zero attached hydrogens (tertiary/aromatic N) is 5. The van der Waals surface area contributed by atoms with Gasteiger partial charge in [0.25, 0.3) is 0 Å². The Morgan fingerprint density at radius 1 is 1.24 bits per heavy atom. The lowest BCUT2D eigenvalue weighted by Crippen LogP contribution is -2.42. The Hall–Kier alpha value is -2.83. The molecule has 0 unspecified atom stereocenters. The molecule has 1 N–H and O–H groups in total. The predicted octanol–water partition coefficient (Wildman–Crippen LogP) is 2.23. The number of hydrogen-bond acceptors (Lipinski definition) is 5. The first-order chi connectivity index (χ1) is 12.1. The number of piperidine rings is 1. The minimum absolute atomic E-state index is 0.472. The summed E-state index contributed by atoms with van der Waals surface area (Å²) in [5.41, 5.74) is 3.63. The van der Waals surface area contributed by atoms with Crippen LogP contribution in [-0.4, -0.2) is 28.7 Å². The summed E-state index contributed by atoms with van der Waals surface area (Å²) >= 11 is 0. The highest BCUT2D eigenvalue weighted by Crippen LogP contribution is 2.19. The van der Waals surface area contributed by atoms with Gasteiger partial charge in [-0.2, -0.15) is 10.5 Å². The van der Waals surface area contributed by atoms with E-state index >= 15 is 0 Å². The molecule has 0 aliphatic carbocycles. The third-order valence-electron chi connectivity index (χ3n) is 5.03. The van der Waals surface area contributed by atoms with Gasteiger partial charge in [0, 0.05) is 44.6 Å². The van der Waals surface area contributed by atoms with Gasteiger partial charge in [0.1, 0.15) is 23.7 Å². The molecule has 0 aromatic carbocycles. The van der Waals surface area contributed by atoms with Crippen molar-refractivity contribution in [1.29, 1.82) is 10.5 Å². The Bertz CT molecular complexity index is 813. The molecule has 2 aromatic rings. The van der Waals surface area contributed by atoms with E-state index in [1.165, 1.54) is 5.56 Å². The first-order valence-corrected chi connectivity index (χ1v) is 8.52. The molecule has 3 rings (SSSR count). The molecule has 128 valence electrons. The maximum absolute atomic E-state index is 9.12. The van der Waals surface area contributed by atoms with Crippen LogP contribution >= 0.6 is 0 Å². The molecule has 3 heterocycles. The van der Waals surface area contributed by atoms with Crippen molar-refractivity contribution < 1.29 is 0 Å². The van der Waals surface area contributed by atoms with Crippen LogP contribution in [0.4, 0.5) is 5.82 Å². The van der Waals surface area contributed by atoms with Crippen molar-refractivity contribution in [3.63, 3.8) is 0 Å². The summed E-state index contributed by atoms with van der Waals surface area (Å²) in [4.78, 5) is 6.64. The topological polar surface area (TPSA) is 80.7 Å². The zero-order valence-corrected chi connectivity index (χ0v) is 14.7. The van der Waals surface area contributed by atoms with E-state index in [0.29, 0.717) is 17.3 Å². The normalized spacial score (nSPS) is 15.0. The van der Waals surface area contributed by atoms with Gasteiger partial charge in [-0.05, 0) is 43.5 Å². The van der Waals surface area contributed by atoms with Gasteiger partial charge in [-0.15, -0.1) is 0 Å². The molecule has 0 bridgehead atoms. The Kier molecular flexibility index (Phi) is 5.02. The van der Waals surface area contributed by atoms with Crippen molar-refractivity contribution in [3.8, 4) is 12.1 Å². The monoisotopic (exact) mass is 334 g/mol. The first-order valence-electron chi connectivity index (χ1n) is 8.52. The third-order valence-corrected chi connectivity index (χ3v) is 5.03. The molecule has 1 aliphatic rings. The van der Waals surface area contributed by atoms with Gasteiger partial charge in [0.2, 0.25) is 0 Å². The smallest absolute Gasteiger partial charge is 0.128 e. The number of nitrogens with one attached hydrogen (secondary N) is 1. The summed E-state index contributed by atoms with van der Waals surface area (Å²) in [6, 6.07) is 10.5. The minimum atomic E-state index is 0.472. The molecule has 2 aromatic heterocycles. The summed E-state index contributed by atoms with van der Waals surface area (Å²) in [5, 5.41) is 21.6.